The monoisotopic (exact) mass is 302 g/mol. The van der Waals surface area contributed by atoms with E-state index in [2.05, 4.69) is 0 Å². The Labute approximate surface area is 124 Å². The van der Waals surface area contributed by atoms with E-state index in [0.29, 0.717) is 11.1 Å². The molecule has 0 radical (unpaired) electrons. The van der Waals surface area contributed by atoms with Crippen LogP contribution in [0.3, 0.4) is 0 Å². The van der Waals surface area contributed by atoms with Crippen molar-refractivity contribution in [2.24, 2.45) is 0 Å². The third-order valence-electron chi connectivity index (χ3n) is 3.64. The van der Waals surface area contributed by atoms with E-state index in [1.54, 1.807) is 30.3 Å². The van der Waals surface area contributed by atoms with E-state index in [1.165, 1.54) is 0 Å². The molecule has 1 aliphatic carbocycles. The zero-order valence-corrected chi connectivity index (χ0v) is 13.4. The molecule has 1 heterocycles. The van der Waals surface area contributed by atoms with Gasteiger partial charge in [0.25, 0.3) is 0 Å². The predicted octanol–water partition coefficient (Wildman–Crippen LogP) is 2.96. The predicted molar refractivity (Wildman–Crippen MR) is 80.9 cm³/mol. The standard InChI is InChI=1S/C16H18O4Si/c1-21(2,3)20-13-9-6-10-16(19-13)14(17)11-7-4-5-8-12(11)15(16)18/h4-9,13H,10H2,1-3H3/t13-/m1/s1. The van der Waals surface area contributed by atoms with Crippen LogP contribution in [0.5, 0.6) is 0 Å². The summed E-state index contributed by atoms with van der Waals surface area (Å²) in [6.07, 6.45) is 3.24. The van der Waals surface area contributed by atoms with Crippen molar-refractivity contribution in [2.45, 2.75) is 38.0 Å². The van der Waals surface area contributed by atoms with E-state index in [9.17, 15) is 9.59 Å². The van der Waals surface area contributed by atoms with Crippen LogP contribution in [-0.4, -0.2) is 31.8 Å². The van der Waals surface area contributed by atoms with Crippen molar-refractivity contribution in [2.75, 3.05) is 0 Å². The summed E-state index contributed by atoms with van der Waals surface area (Å²) in [6.45, 7) is 6.12. The van der Waals surface area contributed by atoms with Crippen LogP contribution in [0.25, 0.3) is 0 Å². The molecular formula is C16H18O4Si. The lowest BCUT2D eigenvalue weighted by Crippen LogP contribution is -2.50. The molecule has 3 rings (SSSR count). The SMILES string of the molecule is C[Si](C)(C)O[C@@H]1C=CCC2(O1)C(=O)c1ccccc1C2=O. The number of fused-ring (bicyclic) bond motifs is 1. The summed E-state index contributed by atoms with van der Waals surface area (Å²) in [4.78, 5) is 25.3. The van der Waals surface area contributed by atoms with Gasteiger partial charge in [0.15, 0.2) is 20.2 Å². The number of ketones is 2. The first-order chi connectivity index (χ1) is 9.83. The van der Waals surface area contributed by atoms with E-state index in [-0.39, 0.29) is 18.0 Å². The Morgan fingerprint density at radius 3 is 2.24 bits per heavy atom. The number of hydrogen-bond donors (Lipinski definition) is 0. The average Bonchev–Trinajstić information content (AvgIpc) is 2.61. The molecular weight excluding hydrogens is 284 g/mol. The second kappa shape index (κ2) is 4.73. The maximum Gasteiger partial charge on any atom is 0.203 e. The summed E-state index contributed by atoms with van der Waals surface area (Å²) >= 11 is 0. The zero-order valence-electron chi connectivity index (χ0n) is 12.4. The quantitative estimate of drug-likeness (QED) is 0.479. The molecule has 0 N–H and O–H groups in total. The number of carbonyl (C=O) groups is 2. The molecule has 1 atom stereocenters. The minimum Gasteiger partial charge on any atom is -0.390 e. The van der Waals surface area contributed by atoms with Crippen LogP contribution in [0, 0.1) is 0 Å². The maximum atomic E-state index is 12.7. The van der Waals surface area contributed by atoms with Gasteiger partial charge in [0.1, 0.15) is 0 Å². The molecule has 21 heavy (non-hydrogen) atoms. The van der Waals surface area contributed by atoms with Crippen molar-refractivity contribution in [3.8, 4) is 0 Å². The van der Waals surface area contributed by atoms with E-state index in [4.69, 9.17) is 9.16 Å². The Balaban J connectivity index is 1.95. The Morgan fingerprint density at radius 2 is 1.71 bits per heavy atom. The van der Waals surface area contributed by atoms with Gasteiger partial charge < -0.3 is 9.16 Å². The second-order valence-corrected chi connectivity index (χ2v) is 10.8. The summed E-state index contributed by atoms with van der Waals surface area (Å²) in [5, 5.41) is 0. The van der Waals surface area contributed by atoms with Crippen molar-refractivity contribution in [1.29, 1.82) is 0 Å². The van der Waals surface area contributed by atoms with Gasteiger partial charge in [-0.3, -0.25) is 9.59 Å². The highest BCUT2D eigenvalue weighted by atomic mass is 28.4. The molecule has 0 aromatic heterocycles. The lowest BCUT2D eigenvalue weighted by molar-refractivity contribution is -0.118. The molecule has 5 heteroatoms. The summed E-state index contributed by atoms with van der Waals surface area (Å²) in [6, 6.07) is 6.89. The fourth-order valence-electron chi connectivity index (χ4n) is 2.75. The van der Waals surface area contributed by atoms with Gasteiger partial charge >= 0.3 is 0 Å². The Morgan fingerprint density at radius 1 is 1.14 bits per heavy atom. The van der Waals surface area contributed by atoms with Crippen molar-refractivity contribution in [1.82, 2.24) is 0 Å². The molecule has 1 aromatic carbocycles. The molecule has 1 aromatic rings. The minimum atomic E-state index is -1.83. The van der Waals surface area contributed by atoms with Crippen molar-refractivity contribution < 1.29 is 18.8 Å². The van der Waals surface area contributed by atoms with Crippen LogP contribution in [0.4, 0.5) is 0 Å². The summed E-state index contributed by atoms with van der Waals surface area (Å²) < 4.78 is 11.7. The summed E-state index contributed by atoms with van der Waals surface area (Å²) in [7, 11) is -1.83. The lowest BCUT2D eigenvalue weighted by Gasteiger charge is -2.35. The third-order valence-corrected chi connectivity index (χ3v) is 4.57. The maximum absolute atomic E-state index is 12.7. The van der Waals surface area contributed by atoms with E-state index in [1.807, 2.05) is 25.7 Å². The van der Waals surface area contributed by atoms with Crippen LogP contribution in [0.1, 0.15) is 27.1 Å². The van der Waals surface area contributed by atoms with Gasteiger partial charge in [0.2, 0.25) is 11.6 Å². The van der Waals surface area contributed by atoms with Gasteiger partial charge in [-0.2, -0.15) is 0 Å². The van der Waals surface area contributed by atoms with Gasteiger partial charge in [0.05, 0.1) is 0 Å². The molecule has 0 saturated carbocycles. The van der Waals surface area contributed by atoms with Gasteiger partial charge in [0, 0.05) is 17.5 Å². The first-order valence-corrected chi connectivity index (χ1v) is 10.5. The molecule has 0 unspecified atom stereocenters. The van der Waals surface area contributed by atoms with E-state index >= 15 is 0 Å². The number of carbonyl (C=O) groups excluding carboxylic acids is 2. The molecule has 110 valence electrons. The molecule has 2 aliphatic rings. The highest BCUT2D eigenvalue weighted by molar-refractivity contribution is 6.69. The summed E-state index contributed by atoms with van der Waals surface area (Å²) in [5.74, 6) is -0.506. The third kappa shape index (κ3) is 2.31. The smallest absolute Gasteiger partial charge is 0.203 e. The molecule has 0 bridgehead atoms. The van der Waals surface area contributed by atoms with Crippen molar-refractivity contribution in [3.05, 3.63) is 47.5 Å². The molecule has 1 spiro atoms. The molecule has 0 saturated heterocycles. The fourth-order valence-corrected chi connectivity index (χ4v) is 3.58. The first-order valence-electron chi connectivity index (χ1n) is 7.04. The molecule has 0 amide bonds. The number of Topliss-reactive ketones (excluding diaryl/α,β-unsaturated/α-hetero) is 2. The zero-order chi connectivity index (χ0) is 15.3. The van der Waals surface area contributed by atoms with Crippen LogP contribution >= 0.6 is 0 Å². The Bertz CT molecular complexity index is 607. The van der Waals surface area contributed by atoms with Crippen molar-refractivity contribution >= 4 is 19.9 Å². The Hall–Kier alpha value is -1.56. The topological polar surface area (TPSA) is 52.6 Å². The average molecular weight is 302 g/mol. The molecule has 4 nitrogen and oxygen atoms in total. The minimum absolute atomic E-state index is 0.253. The van der Waals surface area contributed by atoms with Gasteiger partial charge in [-0.1, -0.05) is 30.3 Å². The molecule has 0 fully saturated rings. The van der Waals surface area contributed by atoms with Crippen LogP contribution in [0.2, 0.25) is 19.6 Å². The lowest BCUT2D eigenvalue weighted by atomic mass is 9.91. The normalized spacial score (nSPS) is 23.7. The number of ether oxygens (including phenoxy) is 1. The molecule has 1 aliphatic heterocycles. The second-order valence-electron chi connectivity index (χ2n) is 6.38. The number of hydrogen-bond acceptors (Lipinski definition) is 4. The van der Waals surface area contributed by atoms with Crippen LogP contribution in [-0.2, 0) is 9.16 Å². The van der Waals surface area contributed by atoms with Gasteiger partial charge in [-0.05, 0) is 25.7 Å². The summed E-state index contributed by atoms with van der Waals surface area (Å²) in [5.41, 5.74) is -0.531. The Kier molecular flexibility index (Phi) is 3.24. The fraction of sp³-hybridized carbons (Fsp3) is 0.375. The van der Waals surface area contributed by atoms with Gasteiger partial charge in [-0.25, -0.2) is 0 Å². The largest absolute Gasteiger partial charge is 0.390 e. The highest BCUT2D eigenvalue weighted by Crippen LogP contribution is 2.39. The number of rotatable bonds is 2. The highest BCUT2D eigenvalue weighted by Gasteiger charge is 2.55. The number of benzene rings is 1. The van der Waals surface area contributed by atoms with E-state index in [0.717, 1.165) is 0 Å². The van der Waals surface area contributed by atoms with Crippen LogP contribution in [0.15, 0.2) is 36.4 Å². The first kappa shape index (κ1) is 14.4. The van der Waals surface area contributed by atoms with E-state index < -0.39 is 20.2 Å². The van der Waals surface area contributed by atoms with Gasteiger partial charge in [-0.15, -0.1) is 0 Å². The van der Waals surface area contributed by atoms with Crippen molar-refractivity contribution in [3.63, 3.8) is 0 Å². The van der Waals surface area contributed by atoms with Crippen LogP contribution < -0.4 is 0 Å².